The molecule has 1 saturated carbocycles. The Morgan fingerprint density at radius 1 is 1.12 bits per heavy atom. The van der Waals surface area contributed by atoms with E-state index in [2.05, 4.69) is 15.0 Å². The SMILES string of the molecule is O=C(c1cnc(Nc2cccc(OC(F)(F)F)c2)c2c1C1CCC2C1)N1CCS(=O)(=O)CC1. The Kier molecular flexibility index (Phi) is 5.26. The highest BCUT2D eigenvalue weighted by atomic mass is 32.2. The molecule has 1 saturated heterocycles. The number of hydrogen-bond acceptors (Lipinski definition) is 6. The first-order chi connectivity index (χ1) is 15.6. The number of alkyl halides is 3. The van der Waals surface area contributed by atoms with Crippen molar-refractivity contribution in [1.29, 1.82) is 0 Å². The van der Waals surface area contributed by atoms with E-state index in [0.717, 1.165) is 30.4 Å². The molecule has 2 atom stereocenters. The first kappa shape index (κ1) is 22.0. The largest absolute Gasteiger partial charge is 0.573 e. The fourth-order valence-electron chi connectivity index (χ4n) is 5.16. The van der Waals surface area contributed by atoms with Gasteiger partial charge in [-0.2, -0.15) is 0 Å². The van der Waals surface area contributed by atoms with Crippen LogP contribution in [0, 0.1) is 0 Å². The molecule has 2 aliphatic carbocycles. The summed E-state index contributed by atoms with van der Waals surface area (Å²) in [6.07, 6.45) is -0.451. The molecular weight excluding hydrogens is 459 g/mol. The van der Waals surface area contributed by atoms with Crippen molar-refractivity contribution in [2.75, 3.05) is 29.9 Å². The number of sulfone groups is 1. The average Bonchev–Trinajstić information content (AvgIpc) is 3.35. The Morgan fingerprint density at radius 3 is 2.52 bits per heavy atom. The van der Waals surface area contributed by atoms with E-state index in [4.69, 9.17) is 0 Å². The Balaban J connectivity index is 1.45. The van der Waals surface area contributed by atoms with Crippen molar-refractivity contribution < 1.29 is 31.1 Å². The summed E-state index contributed by atoms with van der Waals surface area (Å²) in [6.45, 7) is 0.325. The van der Waals surface area contributed by atoms with Crippen LogP contribution in [0.25, 0.3) is 0 Å². The third-order valence-electron chi connectivity index (χ3n) is 6.60. The molecule has 1 aromatic carbocycles. The second-order valence-electron chi connectivity index (χ2n) is 8.70. The van der Waals surface area contributed by atoms with E-state index in [1.165, 1.54) is 24.4 Å². The minimum Gasteiger partial charge on any atom is -0.406 e. The molecule has 5 rings (SSSR count). The molecule has 2 aromatic rings. The van der Waals surface area contributed by atoms with E-state index in [-0.39, 0.29) is 48.1 Å². The molecule has 1 aromatic heterocycles. The van der Waals surface area contributed by atoms with Gasteiger partial charge in [-0.1, -0.05) is 6.07 Å². The number of halogens is 3. The second kappa shape index (κ2) is 7.89. The van der Waals surface area contributed by atoms with Crippen LogP contribution in [0.3, 0.4) is 0 Å². The number of ether oxygens (including phenoxy) is 1. The van der Waals surface area contributed by atoms with Gasteiger partial charge in [-0.15, -0.1) is 13.2 Å². The zero-order chi connectivity index (χ0) is 23.4. The normalized spacial score (nSPS) is 23.3. The lowest BCUT2D eigenvalue weighted by atomic mass is 9.88. The highest BCUT2D eigenvalue weighted by Crippen LogP contribution is 2.56. The molecule has 1 N–H and O–H groups in total. The summed E-state index contributed by atoms with van der Waals surface area (Å²) in [5, 5.41) is 3.11. The van der Waals surface area contributed by atoms with Crippen LogP contribution in [-0.4, -0.2) is 55.2 Å². The number of anilines is 2. The first-order valence-corrected chi connectivity index (χ1v) is 12.6. The third-order valence-corrected chi connectivity index (χ3v) is 8.21. The maximum absolute atomic E-state index is 13.2. The molecule has 33 heavy (non-hydrogen) atoms. The summed E-state index contributed by atoms with van der Waals surface area (Å²) in [7, 11) is -3.11. The highest BCUT2D eigenvalue weighted by molar-refractivity contribution is 7.91. The number of amides is 1. The first-order valence-electron chi connectivity index (χ1n) is 10.7. The van der Waals surface area contributed by atoms with Crippen molar-refractivity contribution in [1.82, 2.24) is 9.88 Å². The zero-order valence-electron chi connectivity index (χ0n) is 17.6. The number of aromatic nitrogens is 1. The fraction of sp³-hybridized carbons (Fsp3) is 0.455. The summed E-state index contributed by atoms with van der Waals surface area (Å²) in [5.74, 6) is 0.335. The standard InChI is InChI=1S/C22H22F3N3O4S/c23-22(24,25)32-16-3-1-2-15(11-16)27-20-19-14-5-4-13(10-14)18(19)17(12-26-20)21(29)28-6-8-33(30,31)9-7-28/h1-3,11-14H,4-10H2,(H,26,27). The highest BCUT2D eigenvalue weighted by Gasteiger charge is 2.42. The van der Waals surface area contributed by atoms with E-state index in [1.807, 2.05) is 0 Å². The minimum absolute atomic E-state index is 0.0452. The third kappa shape index (κ3) is 4.38. The van der Waals surface area contributed by atoms with Crippen LogP contribution >= 0.6 is 0 Å². The fourth-order valence-corrected chi connectivity index (χ4v) is 6.36. The molecule has 2 fully saturated rings. The topological polar surface area (TPSA) is 88.6 Å². The number of carbonyl (C=O) groups is 1. The Labute approximate surface area is 188 Å². The van der Waals surface area contributed by atoms with Gasteiger partial charge in [-0.3, -0.25) is 4.79 Å². The number of nitrogens with zero attached hydrogens (tertiary/aromatic N) is 2. The van der Waals surface area contributed by atoms with Crippen molar-refractivity contribution in [3.63, 3.8) is 0 Å². The lowest BCUT2D eigenvalue weighted by Crippen LogP contribution is -2.44. The predicted molar refractivity (Wildman–Crippen MR) is 115 cm³/mol. The molecule has 1 amide bonds. The van der Waals surface area contributed by atoms with E-state index in [1.54, 1.807) is 11.0 Å². The van der Waals surface area contributed by atoms with E-state index >= 15 is 0 Å². The average molecular weight is 481 g/mol. The molecule has 2 heterocycles. The summed E-state index contributed by atoms with van der Waals surface area (Å²) >= 11 is 0. The molecule has 7 nitrogen and oxygen atoms in total. The van der Waals surface area contributed by atoms with Gasteiger partial charge < -0.3 is 15.0 Å². The summed E-state index contributed by atoms with van der Waals surface area (Å²) in [5.41, 5.74) is 2.76. The smallest absolute Gasteiger partial charge is 0.406 e. The van der Waals surface area contributed by atoms with Gasteiger partial charge in [0.1, 0.15) is 11.6 Å². The Morgan fingerprint density at radius 2 is 1.82 bits per heavy atom. The van der Waals surface area contributed by atoms with E-state index in [9.17, 15) is 26.4 Å². The zero-order valence-corrected chi connectivity index (χ0v) is 18.4. The monoisotopic (exact) mass is 481 g/mol. The van der Waals surface area contributed by atoms with Crippen molar-refractivity contribution in [3.8, 4) is 5.75 Å². The van der Waals surface area contributed by atoms with Gasteiger partial charge in [0, 0.05) is 36.6 Å². The number of carbonyl (C=O) groups excluding carboxylic acids is 1. The van der Waals surface area contributed by atoms with Gasteiger partial charge >= 0.3 is 6.36 Å². The molecule has 0 radical (unpaired) electrons. The molecule has 2 bridgehead atoms. The molecule has 2 unspecified atom stereocenters. The minimum atomic E-state index is -4.78. The van der Waals surface area contributed by atoms with Crippen LogP contribution in [0.15, 0.2) is 30.5 Å². The van der Waals surface area contributed by atoms with Gasteiger partial charge in [-0.05, 0) is 48.8 Å². The number of nitrogens with one attached hydrogen (secondary N) is 1. The van der Waals surface area contributed by atoms with Gasteiger partial charge in [0.25, 0.3) is 5.91 Å². The maximum atomic E-state index is 13.2. The van der Waals surface area contributed by atoms with Crippen LogP contribution in [0.5, 0.6) is 5.75 Å². The Hall–Kier alpha value is -2.82. The second-order valence-corrected chi connectivity index (χ2v) is 11.0. The lowest BCUT2D eigenvalue weighted by molar-refractivity contribution is -0.274. The number of rotatable bonds is 4. The summed E-state index contributed by atoms with van der Waals surface area (Å²) in [4.78, 5) is 19.3. The van der Waals surface area contributed by atoms with Gasteiger partial charge in [-0.25, -0.2) is 13.4 Å². The van der Waals surface area contributed by atoms with E-state index in [0.29, 0.717) is 17.1 Å². The van der Waals surface area contributed by atoms with Crippen LogP contribution in [0.2, 0.25) is 0 Å². The van der Waals surface area contributed by atoms with Crippen LogP contribution < -0.4 is 10.1 Å². The van der Waals surface area contributed by atoms with Crippen LogP contribution in [0.1, 0.15) is 52.6 Å². The predicted octanol–water partition coefficient (Wildman–Crippen LogP) is 3.96. The van der Waals surface area contributed by atoms with Crippen molar-refractivity contribution in [3.05, 3.63) is 47.2 Å². The molecule has 176 valence electrons. The molecule has 0 spiro atoms. The molecular formula is C22H22F3N3O4S. The molecule has 1 aliphatic heterocycles. The Bertz CT molecular complexity index is 1200. The summed E-state index contributed by atoms with van der Waals surface area (Å²) < 4.78 is 65.2. The van der Waals surface area contributed by atoms with Crippen LogP contribution in [-0.2, 0) is 9.84 Å². The van der Waals surface area contributed by atoms with Gasteiger partial charge in [0.15, 0.2) is 9.84 Å². The van der Waals surface area contributed by atoms with E-state index < -0.39 is 16.2 Å². The van der Waals surface area contributed by atoms with Gasteiger partial charge in [0.05, 0.1) is 17.1 Å². The quantitative estimate of drug-likeness (QED) is 0.711. The lowest BCUT2D eigenvalue weighted by Gasteiger charge is -2.29. The van der Waals surface area contributed by atoms with Crippen molar-refractivity contribution in [2.24, 2.45) is 0 Å². The van der Waals surface area contributed by atoms with Crippen molar-refractivity contribution >= 4 is 27.2 Å². The number of benzene rings is 1. The summed E-state index contributed by atoms with van der Waals surface area (Å²) in [6, 6.07) is 5.55. The maximum Gasteiger partial charge on any atom is 0.573 e. The molecule has 11 heteroatoms. The molecule has 3 aliphatic rings. The number of hydrogen-bond donors (Lipinski definition) is 1. The number of pyridine rings is 1. The van der Waals surface area contributed by atoms with Gasteiger partial charge in [0.2, 0.25) is 0 Å². The van der Waals surface area contributed by atoms with Crippen molar-refractivity contribution in [2.45, 2.75) is 37.5 Å². The number of fused-ring (bicyclic) bond motifs is 5. The van der Waals surface area contributed by atoms with Crippen LogP contribution in [0.4, 0.5) is 24.7 Å².